The molecule has 0 spiro atoms. The lowest BCUT2D eigenvalue weighted by atomic mass is 10.2. The first-order valence-electron chi connectivity index (χ1n) is 5.70. The average molecular weight is 218 g/mol. The lowest BCUT2D eigenvalue weighted by molar-refractivity contribution is -0.142. The lowest BCUT2D eigenvalue weighted by Crippen LogP contribution is -2.03. The Labute approximate surface area is 96.9 Å². The molecule has 0 bridgehead atoms. The van der Waals surface area contributed by atoms with Gasteiger partial charge in [-0.15, -0.1) is 0 Å². The minimum Gasteiger partial charge on any atom is -0.461 e. The Hall–Kier alpha value is -1.57. The largest absolute Gasteiger partial charge is 0.461 e. The van der Waals surface area contributed by atoms with Gasteiger partial charge in [0.25, 0.3) is 0 Å². The van der Waals surface area contributed by atoms with E-state index >= 15 is 0 Å². The van der Waals surface area contributed by atoms with Crippen LogP contribution < -0.4 is 0 Å². The Balaban J connectivity index is 2.20. The Kier molecular flexibility index (Phi) is 6.00. The molecule has 0 aliphatic carbocycles. The molecule has 0 amide bonds. The van der Waals surface area contributed by atoms with Crippen LogP contribution in [0.2, 0.25) is 0 Å². The molecule has 2 nitrogen and oxygen atoms in total. The summed E-state index contributed by atoms with van der Waals surface area (Å²) in [5.74, 6) is -0.112. The maximum Gasteiger partial charge on any atom is 0.306 e. The fraction of sp³-hybridized carbons (Fsp3) is 0.357. The molecule has 0 aliphatic rings. The van der Waals surface area contributed by atoms with Crippen LogP contribution in [0, 0.1) is 0 Å². The van der Waals surface area contributed by atoms with Crippen LogP contribution in [0.3, 0.4) is 0 Å². The van der Waals surface area contributed by atoms with E-state index in [-0.39, 0.29) is 5.97 Å². The lowest BCUT2D eigenvalue weighted by Gasteiger charge is -2.00. The Morgan fingerprint density at radius 2 is 2.06 bits per heavy atom. The molecule has 1 rings (SSSR count). The number of benzene rings is 1. The van der Waals surface area contributed by atoms with Crippen molar-refractivity contribution in [2.75, 3.05) is 6.61 Å². The molecule has 1 aromatic carbocycles. The maximum absolute atomic E-state index is 11.2. The quantitative estimate of drug-likeness (QED) is 0.684. The molecule has 0 aromatic heterocycles. The van der Waals surface area contributed by atoms with E-state index in [2.05, 4.69) is 6.92 Å². The van der Waals surface area contributed by atoms with E-state index in [0.717, 1.165) is 18.4 Å². The van der Waals surface area contributed by atoms with Crippen LogP contribution >= 0.6 is 0 Å². The maximum atomic E-state index is 11.2. The number of carbonyl (C=O) groups is 1. The highest BCUT2D eigenvalue weighted by Gasteiger charge is 1.98. The molecular formula is C14H18O2. The molecule has 0 N–H and O–H groups in total. The number of carbonyl (C=O) groups excluding carboxylic acids is 1. The van der Waals surface area contributed by atoms with Gasteiger partial charge >= 0.3 is 5.97 Å². The Bertz CT molecular complexity index is 328. The fourth-order valence-electron chi connectivity index (χ4n) is 1.28. The molecule has 2 heteroatoms. The van der Waals surface area contributed by atoms with Gasteiger partial charge in [-0.2, -0.15) is 0 Å². The molecule has 0 saturated carbocycles. The highest BCUT2D eigenvalue weighted by molar-refractivity contribution is 5.69. The first-order chi connectivity index (χ1) is 7.83. The Morgan fingerprint density at radius 1 is 1.31 bits per heavy atom. The monoisotopic (exact) mass is 218 g/mol. The van der Waals surface area contributed by atoms with Crippen LogP contribution in [0.15, 0.2) is 36.4 Å². The summed E-state index contributed by atoms with van der Waals surface area (Å²) in [5, 5.41) is 0. The van der Waals surface area contributed by atoms with E-state index in [1.54, 1.807) is 0 Å². The predicted molar refractivity (Wildman–Crippen MR) is 66.0 cm³/mol. The molecule has 0 saturated heterocycles. The van der Waals surface area contributed by atoms with Gasteiger partial charge in [-0.25, -0.2) is 0 Å². The van der Waals surface area contributed by atoms with Gasteiger partial charge in [-0.1, -0.05) is 49.8 Å². The van der Waals surface area contributed by atoms with Crippen LogP contribution in [0.4, 0.5) is 0 Å². The molecule has 0 aliphatic heterocycles. The summed E-state index contributed by atoms with van der Waals surface area (Å²) >= 11 is 0. The third kappa shape index (κ3) is 5.35. The van der Waals surface area contributed by atoms with Gasteiger partial charge in [0.2, 0.25) is 0 Å². The molecule has 0 radical (unpaired) electrons. The fourth-order valence-corrected chi connectivity index (χ4v) is 1.28. The summed E-state index contributed by atoms with van der Waals surface area (Å²) in [6, 6.07) is 9.95. The van der Waals surface area contributed by atoms with Crippen LogP contribution in [-0.4, -0.2) is 12.6 Å². The normalized spacial score (nSPS) is 10.6. The van der Waals surface area contributed by atoms with Crippen molar-refractivity contribution in [2.45, 2.75) is 26.2 Å². The van der Waals surface area contributed by atoms with Crippen molar-refractivity contribution in [1.82, 2.24) is 0 Å². The first-order valence-corrected chi connectivity index (χ1v) is 5.70. The van der Waals surface area contributed by atoms with Gasteiger partial charge in [0, 0.05) is 6.42 Å². The van der Waals surface area contributed by atoms with Crippen molar-refractivity contribution in [3.63, 3.8) is 0 Å². The van der Waals surface area contributed by atoms with Crippen LogP contribution in [0.25, 0.3) is 6.08 Å². The number of hydrogen-bond acceptors (Lipinski definition) is 2. The number of rotatable bonds is 6. The second-order valence-corrected chi connectivity index (χ2v) is 3.60. The van der Waals surface area contributed by atoms with E-state index in [0.29, 0.717) is 13.0 Å². The van der Waals surface area contributed by atoms with Crippen molar-refractivity contribution in [2.24, 2.45) is 0 Å². The molecule has 0 fully saturated rings. The summed E-state index contributed by atoms with van der Waals surface area (Å²) in [6.07, 6.45) is 6.26. The average Bonchev–Trinajstić information content (AvgIpc) is 2.33. The zero-order valence-electron chi connectivity index (χ0n) is 9.69. The minimum atomic E-state index is -0.112. The van der Waals surface area contributed by atoms with Crippen LogP contribution in [0.1, 0.15) is 31.7 Å². The number of hydrogen-bond donors (Lipinski definition) is 0. The van der Waals surface area contributed by atoms with E-state index in [1.165, 1.54) is 0 Å². The summed E-state index contributed by atoms with van der Waals surface area (Å²) in [4.78, 5) is 11.2. The summed E-state index contributed by atoms with van der Waals surface area (Å²) < 4.78 is 5.04. The highest BCUT2D eigenvalue weighted by atomic mass is 16.5. The van der Waals surface area contributed by atoms with Gasteiger partial charge in [-0.05, 0) is 18.1 Å². The van der Waals surface area contributed by atoms with E-state index < -0.39 is 0 Å². The first kappa shape index (κ1) is 12.5. The van der Waals surface area contributed by atoms with E-state index in [9.17, 15) is 4.79 Å². The van der Waals surface area contributed by atoms with Gasteiger partial charge < -0.3 is 4.74 Å². The molecule has 0 heterocycles. The number of esters is 1. The third-order valence-corrected chi connectivity index (χ3v) is 2.18. The molecule has 1 aromatic rings. The van der Waals surface area contributed by atoms with Gasteiger partial charge in [0.15, 0.2) is 0 Å². The molecule has 16 heavy (non-hydrogen) atoms. The number of unbranched alkanes of at least 4 members (excludes halogenated alkanes) is 1. The van der Waals surface area contributed by atoms with Gasteiger partial charge in [0.05, 0.1) is 0 Å². The predicted octanol–water partition coefficient (Wildman–Crippen LogP) is 3.43. The molecule has 0 unspecified atom stereocenters. The zero-order chi connectivity index (χ0) is 11.6. The summed E-state index contributed by atoms with van der Waals surface area (Å²) in [7, 11) is 0. The van der Waals surface area contributed by atoms with E-state index in [4.69, 9.17) is 4.74 Å². The number of ether oxygens (including phenoxy) is 1. The third-order valence-electron chi connectivity index (χ3n) is 2.18. The topological polar surface area (TPSA) is 26.3 Å². The van der Waals surface area contributed by atoms with Gasteiger partial charge in [-0.3, -0.25) is 4.79 Å². The van der Waals surface area contributed by atoms with Crippen LogP contribution in [-0.2, 0) is 9.53 Å². The van der Waals surface area contributed by atoms with Crippen molar-refractivity contribution >= 4 is 12.0 Å². The Morgan fingerprint density at radius 3 is 2.75 bits per heavy atom. The van der Waals surface area contributed by atoms with Crippen molar-refractivity contribution in [3.8, 4) is 0 Å². The smallest absolute Gasteiger partial charge is 0.306 e. The second-order valence-electron chi connectivity index (χ2n) is 3.60. The SMILES string of the molecule is CCCCC(=O)OCC=Cc1ccccc1. The summed E-state index contributed by atoms with van der Waals surface area (Å²) in [5.41, 5.74) is 1.12. The molecule has 86 valence electrons. The van der Waals surface area contributed by atoms with Gasteiger partial charge in [0.1, 0.15) is 6.61 Å². The van der Waals surface area contributed by atoms with E-state index in [1.807, 2.05) is 42.5 Å². The highest BCUT2D eigenvalue weighted by Crippen LogP contribution is 2.01. The second kappa shape index (κ2) is 7.69. The summed E-state index contributed by atoms with van der Waals surface area (Å²) in [6.45, 7) is 2.42. The van der Waals surface area contributed by atoms with Crippen molar-refractivity contribution < 1.29 is 9.53 Å². The standard InChI is InChI=1S/C14H18O2/c1-2-3-11-14(15)16-12-7-10-13-8-5-4-6-9-13/h4-10H,2-3,11-12H2,1H3. The molecule has 0 atom stereocenters. The van der Waals surface area contributed by atoms with Crippen LogP contribution in [0.5, 0.6) is 0 Å². The van der Waals surface area contributed by atoms with Crippen molar-refractivity contribution in [1.29, 1.82) is 0 Å². The zero-order valence-corrected chi connectivity index (χ0v) is 9.69. The van der Waals surface area contributed by atoms with Crippen molar-refractivity contribution in [3.05, 3.63) is 42.0 Å². The molecular weight excluding hydrogens is 200 g/mol. The minimum absolute atomic E-state index is 0.112.